The zero-order valence-electron chi connectivity index (χ0n) is 10.2. The summed E-state index contributed by atoms with van der Waals surface area (Å²) in [4.78, 5) is 0. The molecule has 1 saturated carbocycles. The largest absolute Gasteiger partial charge is 0.377 e. The maximum atomic E-state index is 11.2. The van der Waals surface area contributed by atoms with Crippen LogP contribution in [0.2, 0.25) is 0 Å². The molecule has 1 aliphatic rings. The highest BCUT2D eigenvalue weighted by molar-refractivity contribution is 7.93. The molecule has 1 fully saturated rings. The first-order chi connectivity index (χ1) is 7.27. The summed E-state index contributed by atoms with van der Waals surface area (Å²) in [7, 11) is -3.02. The maximum absolute atomic E-state index is 11.2. The Bertz CT molecular complexity index is 390. The summed E-state index contributed by atoms with van der Waals surface area (Å²) in [6.45, 7) is 8.94. The number of rotatable bonds is 5. The second kappa shape index (κ2) is 4.72. The van der Waals surface area contributed by atoms with Crippen LogP contribution in [0.3, 0.4) is 0 Å². The average Bonchev–Trinajstić information content (AvgIpc) is 2.14. The topological polar surface area (TPSA) is 43.4 Å². The Hall–Kier alpha value is -0.610. The zero-order chi connectivity index (χ0) is 12.4. The van der Waals surface area contributed by atoms with E-state index in [0.29, 0.717) is 19.1 Å². The molecule has 0 aromatic rings. The van der Waals surface area contributed by atoms with Crippen LogP contribution in [-0.4, -0.2) is 27.9 Å². The van der Waals surface area contributed by atoms with E-state index in [2.05, 4.69) is 20.4 Å². The molecular weight excluding hydrogens is 224 g/mol. The van der Waals surface area contributed by atoms with E-state index in [1.807, 2.05) is 0 Å². The molecule has 1 rings (SSSR count). The van der Waals surface area contributed by atoms with Crippen molar-refractivity contribution in [2.75, 3.05) is 19.5 Å². The van der Waals surface area contributed by atoms with Gasteiger partial charge in [-0.2, -0.15) is 0 Å². The smallest absolute Gasteiger partial charge is 0.168 e. The Labute approximate surface area is 98.1 Å². The van der Waals surface area contributed by atoms with Crippen molar-refractivity contribution < 1.29 is 13.2 Å². The van der Waals surface area contributed by atoms with Gasteiger partial charge in [0.1, 0.15) is 0 Å². The van der Waals surface area contributed by atoms with Crippen molar-refractivity contribution in [3.8, 4) is 0 Å². The second-order valence-corrected chi connectivity index (χ2v) is 6.82. The molecule has 3 nitrogen and oxygen atoms in total. The van der Waals surface area contributed by atoms with Gasteiger partial charge in [0, 0.05) is 11.7 Å². The molecule has 16 heavy (non-hydrogen) atoms. The third kappa shape index (κ3) is 3.19. The Morgan fingerprint density at radius 3 is 2.62 bits per heavy atom. The molecule has 0 bridgehead atoms. The molecule has 1 atom stereocenters. The van der Waals surface area contributed by atoms with Gasteiger partial charge >= 0.3 is 0 Å². The normalized spacial score (nSPS) is 26.4. The lowest BCUT2D eigenvalue weighted by molar-refractivity contribution is 0.0402. The number of hydrogen-bond donors (Lipinski definition) is 0. The van der Waals surface area contributed by atoms with E-state index in [0.717, 1.165) is 12.0 Å². The summed E-state index contributed by atoms with van der Waals surface area (Å²) in [5.41, 5.74) is 0.937. The van der Waals surface area contributed by atoms with Gasteiger partial charge < -0.3 is 4.74 Å². The van der Waals surface area contributed by atoms with E-state index >= 15 is 0 Å². The van der Waals surface area contributed by atoms with Gasteiger partial charge in [-0.05, 0) is 17.8 Å². The molecule has 4 heteroatoms. The maximum Gasteiger partial charge on any atom is 0.168 e. The quantitative estimate of drug-likeness (QED) is 0.550. The Morgan fingerprint density at radius 1 is 1.56 bits per heavy atom. The minimum absolute atomic E-state index is 0.0652. The Balaban J connectivity index is 2.60. The predicted molar refractivity (Wildman–Crippen MR) is 65.8 cm³/mol. The van der Waals surface area contributed by atoms with Crippen LogP contribution < -0.4 is 0 Å². The second-order valence-electron chi connectivity index (χ2n) is 4.92. The van der Waals surface area contributed by atoms with Crippen LogP contribution in [0, 0.1) is 11.3 Å². The summed E-state index contributed by atoms with van der Waals surface area (Å²) in [6.07, 6.45) is 3.77. The number of allylic oxidation sites excluding steroid dienone is 1. The minimum Gasteiger partial charge on any atom is -0.377 e. The van der Waals surface area contributed by atoms with Gasteiger partial charge in [0.05, 0.1) is 13.2 Å². The van der Waals surface area contributed by atoms with E-state index in [-0.39, 0.29) is 5.41 Å². The number of hydrogen-bond acceptors (Lipinski definition) is 3. The van der Waals surface area contributed by atoms with Crippen molar-refractivity contribution in [2.24, 2.45) is 11.3 Å². The molecule has 0 aliphatic heterocycles. The highest BCUT2D eigenvalue weighted by Gasteiger charge is 2.43. The number of ether oxygens (including phenoxy) is 1. The molecule has 1 aliphatic carbocycles. The van der Waals surface area contributed by atoms with Crippen LogP contribution in [0.5, 0.6) is 0 Å². The SMILES string of the molecule is C=CCOCC1CC(=CS(C)(=O)=O)C1(C)C. The molecule has 0 spiro atoms. The van der Waals surface area contributed by atoms with Crippen LogP contribution in [-0.2, 0) is 14.6 Å². The van der Waals surface area contributed by atoms with Gasteiger partial charge in [0.2, 0.25) is 0 Å². The summed E-state index contributed by atoms with van der Waals surface area (Å²) in [6, 6.07) is 0. The molecule has 0 amide bonds. The van der Waals surface area contributed by atoms with Gasteiger partial charge in [0.15, 0.2) is 9.84 Å². The highest BCUT2D eigenvalue weighted by atomic mass is 32.2. The van der Waals surface area contributed by atoms with Crippen molar-refractivity contribution in [3.05, 3.63) is 23.6 Å². The van der Waals surface area contributed by atoms with Gasteiger partial charge in [-0.25, -0.2) is 8.42 Å². The molecule has 0 radical (unpaired) electrons. The summed E-state index contributed by atoms with van der Waals surface area (Å²) in [5.74, 6) is 0.403. The van der Waals surface area contributed by atoms with Crippen molar-refractivity contribution in [1.29, 1.82) is 0 Å². The van der Waals surface area contributed by atoms with Crippen LogP contribution in [0.4, 0.5) is 0 Å². The first-order valence-electron chi connectivity index (χ1n) is 5.37. The molecule has 0 aromatic heterocycles. The summed E-state index contributed by atoms with van der Waals surface area (Å²) in [5, 5.41) is 1.40. The van der Waals surface area contributed by atoms with Gasteiger partial charge in [-0.3, -0.25) is 0 Å². The predicted octanol–water partition coefficient (Wildman–Crippen LogP) is 2.16. The fraction of sp³-hybridized carbons (Fsp3) is 0.667. The standard InChI is InChI=1S/C12H20O3S/c1-5-6-15-8-10-7-11(12(10,2)3)9-16(4,13)14/h5,9-10H,1,6-8H2,2-4H3. The Kier molecular flexibility index (Phi) is 3.97. The van der Waals surface area contributed by atoms with Crippen molar-refractivity contribution >= 4 is 9.84 Å². The van der Waals surface area contributed by atoms with Gasteiger partial charge in [-0.1, -0.05) is 25.5 Å². The summed E-state index contributed by atoms with van der Waals surface area (Å²) >= 11 is 0. The lowest BCUT2D eigenvalue weighted by Gasteiger charge is -2.47. The lowest BCUT2D eigenvalue weighted by atomic mass is 9.59. The van der Waals surface area contributed by atoms with Gasteiger partial charge in [0.25, 0.3) is 0 Å². The monoisotopic (exact) mass is 244 g/mol. The van der Waals surface area contributed by atoms with Crippen LogP contribution in [0.15, 0.2) is 23.6 Å². The van der Waals surface area contributed by atoms with Crippen LogP contribution in [0.1, 0.15) is 20.3 Å². The molecule has 1 unspecified atom stereocenters. The average molecular weight is 244 g/mol. The fourth-order valence-electron chi connectivity index (χ4n) is 1.93. The number of sulfone groups is 1. The molecule has 0 aromatic carbocycles. The molecule has 0 N–H and O–H groups in total. The molecule has 92 valence electrons. The van der Waals surface area contributed by atoms with E-state index in [9.17, 15) is 8.42 Å². The fourth-order valence-corrected chi connectivity index (χ4v) is 2.85. The van der Waals surface area contributed by atoms with E-state index in [1.165, 1.54) is 11.7 Å². The summed E-state index contributed by atoms with van der Waals surface area (Å²) < 4.78 is 27.7. The lowest BCUT2D eigenvalue weighted by Crippen LogP contribution is -2.41. The van der Waals surface area contributed by atoms with E-state index in [4.69, 9.17) is 4.74 Å². The molecular formula is C12H20O3S. The van der Waals surface area contributed by atoms with Crippen molar-refractivity contribution in [1.82, 2.24) is 0 Å². The first-order valence-corrected chi connectivity index (χ1v) is 7.32. The van der Waals surface area contributed by atoms with Crippen LogP contribution in [0.25, 0.3) is 0 Å². The molecule has 0 heterocycles. The molecule has 0 saturated heterocycles. The van der Waals surface area contributed by atoms with Crippen LogP contribution >= 0.6 is 0 Å². The van der Waals surface area contributed by atoms with Crippen molar-refractivity contribution in [2.45, 2.75) is 20.3 Å². The van der Waals surface area contributed by atoms with Crippen molar-refractivity contribution in [3.63, 3.8) is 0 Å². The third-order valence-corrected chi connectivity index (χ3v) is 3.94. The van der Waals surface area contributed by atoms with E-state index in [1.54, 1.807) is 6.08 Å². The first kappa shape index (κ1) is 13.5. The Morgan fingerprint density at radius 2 is 2.19 bits per heavy atom. The minimum atomic E-state index is -3.02. The zero-order valence-corrected chi connectivity index (χ0v) is 11.0. The van der Waals surface area contributed by atoms with Gasteiger partial charge in [-0.15, -0.1) is 6.58 Å². The van der Waals surface area contributed by atoms with E-state index < -0.39 is 9.84 Å². The third-order valence-electron chi connectivity index (χ3n) is 3.23. The highest BCUT2D eigenvalue weighted by Crippen LogP contribution is 2.51.